The molecule has 0 unspecified atom stereocenters. The summed E-state index contributed by atoms with van der Waals surface area (Å²) in [6, 6.07) is 1.37. The van der Waals surface area contributed by atoms with Crippen LogP contribution in [0.25, 0.3) is 0 Å². The standard InChI is InChI=1S/C22H29FO5.C9H13N3O5/c1-12-8-16-15-5-4-13-9-14(25)6-7-19(13,2)21(15,23)17(26)10-20(16,3)22(12,28)18(27)11-24;10-5-1-2-12(9(16)11-5)8-7(15)6(14)4(3-13)17-8/h6-7,9,12,15-17,24,26,28H,4-5,8,10-11H2,1-3H3;1-2,4,6-8,13-15H,3H2,(H2,10,11,16)/t12-,15+,16+,17+,19+,20+,21+,22+;4-,6-,7+,8-/m11/s1. The molecule has 1 aromatic rings. The fraction of sp³-hybridized carbons (Fsp3) is 0.677. The van der Waals surface area contributed by atoms with Crippen LogP contribution in [0.3, 0.4) is 0 Å². The first-order valence-electron chi connectivity index (χ1n) is 15.2. The van der Waals surface area contributed by atoms with Gasteiger partial charge in [-0.2, -0.15) is 4.98 Å². The molecule has 12 atom stereocenters. The molecule has 0 radical (unpaired) electrons. The van der Waals surface area contributed by atoms with Gasteiger partial charge in [0, 0.05) is 22.9 Å². The highest BCUT2D eigenvalue weighted by Crippen LogP contribution is 2.70. The van der Waals surface area contributed by atoms with Crippen LogP contribution in [0.2, 0.25) is 0 Å². The van der Waals surface area contributed by atoms with Crippen molar-refractivity contribution in [1.82, 2.24) is 9.55 Å². The number of ketones is 2. The highest BCUT2D eigenvalue weighted by molar-refractivity contribution is 6.01. The van der Waals surface area contributed by atoms with Crippen LogP contribution in [0, 0.1) is 28.6 Å². The molecule has 45 heavy (non-hydrogen) atoms. The SMILES string of the molecule is C[C@@H]1C[C@H]2[C@@H]3CCC4=CC(=O)C=C[C@]4(C)[C@@]3(F)[C@@H](O)C[C@]2(C)[C@@]1(O)C(=O)CO.Nc1ccn([C@@H]2O[C@H](CO)[C@@H](O)[C@@H]2O)c(=O)n1. The number of halogens is 1. The Morgan fingerprint density at radius 1 is 1.18 bits per heavy atom. The fourth-order valence-corrected chi connectivity index (χ4v) is 8.99. The Labute approximate surface area is 258 Å². The predicted octanol–water partition coefficient (Wildman–Crippen LogP) is -0.667. The highest BCUT2D eigenvalue weighted by Gasteiger charge is 2.75. The molecule has 2 heterocycles. The number of carbonyl (C=O) groups excluding carboxylic acids is 2. The average Bonchev–Trinajstić information content (AvgIpc) is 3.39. The van der Waals surface area contributed by atoms with Gasteiger partial charge >= 0.3 is 5.69 Å². The van der Waals surface area contributed by atoms with Crippen LogP contribution in [-0.2, 0) is 14.3 Å². The van der Waals surface area contributed by atoms with Crippen LogP contribution in [0.4, 0.5) is 10.2 Å². The molecule has 8 N–H and O–H groups in total. The van der Waals surface area contributed by atoms with Crippen molar-refractivity contribution < 1.29 is 49.4 Å². The van der Waals surface area contributed by atoms with Crippen molar-refractivity contribution in [2.45, 2.75) is 88.4 Å². The number of ether oxygens (including phenoxy) is 1. The van der Waals surface area contributed by atoms with Gasteiger partial charge in [-0.25, -0.2) is 9.18 Å². The molecular formula is C31H42FN3O10. The number of carbonyl (C=O) groups is 2. The number of aliphatic hydroxyl groups is 6. The van der Waals surface area contributed by atoms with E-state index in [1.165, 1.54) is 24.4 Å². The summed E-state index contributed by atoms with van der Waals surface area (Å²) in [6.07, 6.45) is 1.17. The van der Waals surface area contributed by atoms with Gasteiger partial charge in [-0.3, -0.25) is 14.2 Å². The number of rotatable bonds is 4. The molecule has 4 fully saturated rings. The fourth-order valence-electron chi connectivity index (χ4n) is 8.99. The van der Waals surface area contributed by atoms with Gasteiger partial charge in [0.1, 0.15) is 36.3 Å². The number of nitrogens with two attached hydrogens (primary N) is 1. The van der Waals surface area contributed by atoms with Gasteiger partial charge in [0.15, 0.2) is 23.5 Å². The minimum absolute atomic E-state index is 0.0537. The summed E-state index contributed by atoms with van der Waals surface area (Å²) in [6.45, 7) is 4.03. The number of hydrogen-bond acceptors (Lipinski definition) is 12. The summed E-state index contributed by atoms with van der Waals surface area (Å²) in [5.41, 5.74) is -0.539. The van der Waals surface area contributed by atoms with Gasteiger partial charge in [0.2, 0.25) is 0 Å². The van der Waals surface area contributed by atoms with E-state index in [9.17, 15) is 39.9 Å². The van der Waals surface area contributed by atoms with E-state index in [-0.39, 0.29) is 23.9 Å². The number of aliphatic hydroxyl groups excluding tert-OH is 5. The molecular weight excluding hydrogens is 593 g/mol. The van der Waals surface area contributed by atoms with Crippen molar-refractivity contribution in [1.29, 1.82) is 0 Å². The third-order valence-electron chi connectivity index (χ3n) is 11.4. The molecule has 5 aliphatic rings. The van der Waals surface area contributed by atoms with Gasteiger partial charge < -0.3 is 41.1 Å². The molecule has 0 amide bonds. The van der Waals surface area contributed by atoms with Crippen molar-refractivity contribution in [2.24, 2.45) is 28.6 Å². The summed E-state index contributed by atoms with van der Waals surface area (Å²) in [7, 11) is 0. The van der Waals surface area contributed by atoms with E-state index in [0.717, 1.165) is 4.57 Å². The number of anilines is 1. The number of nitrogen functional groups attached to an aromatic ring is 1. The Balaban J connectivity index is 0.000000201. The third kappa shape index (κ3) is 4.68. The summed E-state index contributed by atoms with van der Waals surface area (Å²) in [4.78, 5) is 39.4. The maximum Gasteiger partial charge on any atom is 0.351 e. The lowest BCUT2D eigenvalue weighted by Gasteiger charge is -2.62. The maximum atomic E-state index is 16.9. The lowest BCUT2D eigenvalue weighted by molar-refractivity contribution is -0.219. The van der Waals surface area contributed by atoms with E-state index in [1.807, 2.05) is 0 Å². The summed E-state index contributed by atoms with van der Waals surface area (Å²) >= 11 is 0. The lowest BCUT2D eigenvalue weighted by Crippen LogP contribution is -2.69. The van der Waals surface area contributed by atoms with Crippen molar-refractivity contribution in [3.8, 4) is 0 Å². The molecule has 1 aliphatic heterocycles. The smallest absolute Gasteiger partial charge is 0.351 e. The molecule has 14 heteroatoms. The molecule has 1 saturated heterocycles. The number of nitrogens with zero attached hydrogens (tertiary/aromatic N) is 2. The van der Waals surface area contributed by atoms with Crippen LogP contribution in [0.1, 0.15) is 52.7 Å². The first kappa shape index (κ1) is 33.5. The van der Waals surface area contributed by atoms with Crippen molar-refractivity contribution in [2.75, 3.05) is 18.9 Å². The number of alkyl halides is 1. The van der Waals surface area contributed by atoms with Gasteiger partial charge in [-0.05, 0) is 62.7 Å². The minimum Gasteiger partial charge on any atom is -0.394 e. The van der Waals surface area contributed by atoms with Crippen LogP contribution >= 0.6 is 0 Å². The normalized spacial score (nSPS) is 45.1. The molecule has 0 bridgehead atoms. The second-order valence-corrected chi connectivity index (χ2v) is 13.5. The Kier molecular flexibility index (Phi) is 8.52. The molecule has 0 spiro atoms. The van der Waals surface area contributed by atoms with Crippen LogP contribution in [0.15, 0.2) is 40.9 Å². The van der Waals surface area contributed by atoms with Crippen molar-refractivity contribution >= 4 is 17.4 Å². The summed E-state index contributed by atoms with van der Waals surface area (Å²) in [5.74, 6) is -2.07. The van der Waals surface area contributed by atoms with E-state index in [2.05, 4.69) is 4.98 Å². The predicted molar refractivity (Wildman–Crippen MR) is 156 cm³/mol. The van der Waals surface area contributed by atoms with Gasteiger partial charge in [0.25, 0.3) is 0 Å². The topological polar surface area (TPSA) is 226 Å². The maximum absolute atomic E-state index is 16.9. The number of hydrogen-bond donors (Lipinski definition) is 7. The molecule has 248 valence electrons. The number of allylic oxidation sites excluding steroid dienone is 4. The second kappa shape index (κ2) is 11.4. The van der Waals surface area contributed by atoms with Gasteiger partial charge in [-0.1, -0.05) is 25.5 Å². The first-order chi connectivity index (χ1) is 21.0. The van der Waals surface area contributed by atoms with Crippen LogP contribution < -0.4 is 11.4 Å². The second-order valence-electron chi connectivity index (χ2n) is 13.5. The highest BCUT2D eigenvalue weighted by atomic mass is 19.1. The molecule has 1 aromatic heterocycles. The zero-order chi connectivity index (χ0) is 33.3. The average molecular weight is 636 g/mol. The van der Waals surface area contributed by atoms with E-state index in [1.54, 1.807) is 26.8 Å². The van der Waals surface area contributed by atoms with Crippen molar-refractivity contribution in [3.63, 3.8) is 0 Å². The van der Waals surface area contributed by atoms with Gasteiger partial charge in [0.05, 0.1) is 12.7 Å². The number of aromatic nitrogens is 2. The van der Waals surface area contributed by atoms with Crippen LogP contribution in [-0.4, -0.2) is 101 Å². The molecule has 0 aromatic carbocycles. The Morgan fingerprint density at radius 2 is 1.87 bits per heavy atom. The number of fused-ring (bicyclic) bond motifs is 5. The van der Waals surface area contributed by atoms with Crippen molar-refractivity contribution in [3.05, 3.63) is 46.5 Å². The number of Topliss-reactive ketones (excluding diaryl/α,β-unsaturated/α-hetero) is 1. The Hall–Kier alpha value is -2.85. The quantitative estimate of drug-likeness (QED) is 0.219. The monoisotopic (exact) mass is 635 g/mol. The van der Waals surface area contributed by atoms with E-state index < -0.39 is 89.3 Å². The van der Waals surface area contributed by atoms with E-state index in [4.69, 9.17) is 15.6 Å². The lowest BCUT2D eigenvalue weighted by atomic mass is 9.44. The van der Waals surface area contributed by atoms with Gasteiger partial charge in [-0.15, -0.1) is 0 Å². The minimum atomic E-state index is -1.98. The summed E-state index contributed by atoms with van der Waals surface area (Å²) < 4.78 is 23.0. The zero-order valence-corrected chi connectivity index (χ0v) is 25.4. The van der Waals surface area contributed by atoms with E-state index >= 15 is 4.39 Å². The first-order valence-corrected chi connectivity index (χ1v) is 15.2. The third-order valence-corrected chi connectivity index (χ3v) is 11.4. The summed E-state index contributed by atoms with van der Waals surface area (Å²) in [5, 5.41) is 60.1. The molecule has 3 saturated carbocycles. The Bertz CT molecular complexity index is 1480. The molecule has 6 rings (SSSR count). The largest absolute Gasteiger partial charge is 0.394 e. The molecule has 4 aliphatic carbocycles. The molecule has 13 nitrogen and oxygen atoms in total. The Morgan fingerprint density at radius 3 is 2.47 bits per heavy atom. The van der Waals surface area contributed by atoms with E-state index in [0.29, 0.717) is 24.8 Å². The zero-order valence-electron chi connectivity index (χ0n) is 25.4. The van der Waals surface area contributed by atoms with Crippen LogP contribution in [0.5, 0.6) is 0 Å².